The lowest BCUT2D eigenvalue weighted by molar-refractivity contribution is 0.237. The summed E-state index contributed by atoms with van der Waals surface area (Å²) >= 11 is 0. The molecule has 1 atom stereocenters. The second kappa shape index (κ2) is 8.94. The number of nitrogens with one attached hydrogen (secondary N) is 2. The van der Waals surface area contributed by atoms with Crippen LogP contribution in [-0.2, 0) is 13.6 Å². The standard InChI is InChI=1S/C21H24N4O3/c1-25-13-12-22-20(25)19(17-6-4-5-7-18(17)28-3)24-21(26)23-14-15-8-10-16(27-2)11-9-15/h4-13,19H,14H2,1-3H3,(H2,23,24,26). The lowest BCUT2D eigenvalue weighted by Crippen LogP contribution is -2.39. The maximum atomic E-state index is 12.6. The van der Waals surface area contributed by atoms with Crippen molar-refractivity contribution in [3.8, 4) is 11.5 Å². The number of hydrogen-bond acceptors (Lipinski definition) is 4. The summed E-state index contributed by atoms with van der Waals surface area (Å²) in [5.74, 6) is 2.18. The van der Waals surface area contributed by atoms with E-state index in [4.69, 9.17) is 9.47 Å². The maximum absolute atomic E-state index is 12.6. The normalized spacial score (nSPS) is 11.5. The van der Waals surface area contributed by atoms with Crippen LogP contribution in [0.2, 0.25) is 0 Å². The number of carbonyl (C=O) groups excluding carboxylic acids is 1. The van der Waals surface area contributed by atoms with Gasteiger partial charge in [0.1, 0.15) is 23.4 Å². The highest BCUT2D eigenvalue weighted by Gasteiger charge is 2.23. The number of hydrogen-bond donors (Lipinski definition) is 2. The van der Waals surface area contributed by atoms with Crippen molar-refractivity contribution in [1.82, 2.24) is 20.2 Å². The number of ether oxygens (including phenoxy) is 2. The molecule has 0 aliphatic rings. The Bertz CT molecular complexity index is 921. The number of para-hydroxylation sites is 1. The lowest BCUT2D eigenvalue weighted by Gasteiger charge is -2.21. The minimum absolute atomic E-state index is 0.297. The van der Waals surface area contributed by atoms with Gasteiger partial charge in [-0.15, -0.1) is 0 Å². The lowest BCUT2D eigenvalue weighted by atomic mass is 10.0. The van der Waals surface area contributed by atoms with Crippen LogP contribution in [0.3, 0.4) is 0 Å². The van der Waals surface area contributed by atoms with Crippen molar-refractivity contribution in [2.24, 2.45) is 7.05 Å². The number of rotatable bonds is 7. The molecule has 0 saturated carbocycles. The number of aryl methyl sites for hydroxylation is 1. The van der Waals surface area contributed by atoms with Crippen LogP contribution in [0.25, 0.3) is 0 Å². The molecule has 3 aromatic rings. The van der Waals surface area contributed by atoms with Crippen molar-refractivity contribution in [1.29, 1.82) is 0 Å². The summed E-state index contributed by atoms with van der Waals surface area (Å²) in [6.45, 7) is 0.398. The predicted octanol–water partition coefficient (Wildman–Crippen LogP) is 3.03. The summed E-state index contributed by atoms with van der Waals surface area (Å²) in [7, 11) is 5.12. The van der Waals surface area contributed by atoms with Crippen LogP contribution < -0.4 is 20.1 Å². The second-order valence-electron chi connectivity index (χ2n) is 6.25. The topological polar surface area (TPSA) is 77.4 Å². The first kappa shape index (κ1) is 19.3. The molecule has 0 spiro atoms. The Balaban J connectivity index is 1.75. The average Bonchev–Trinajstić information content (AvgIpc) is 3.16. The fourth-order valence-corrected chi connectivity index (χ4v) is 2.95. The molecule has 0 aliphatic carbocycles. The highest BCUT2D eigenvalue weighted by Crippen LogP contribution is 2.28. The van der Waals surface area contributed by atoms with E-state index in [1.54, 1.807) is 20.4 Å². The molecule has 0 bridgehead atoms. The molecule has 1 aromatic heterocycles. The van der Waals surface area contributed by atoms with Crippen molar-refractivity contribution in [3.63, 3.8) is 0 Å². The monoisotopic (exact) mass is 380 g/mol. The first-order chi connectivity index (χ1) is 13.6. The third-order valence-electron chi connectivity index (χ3n) is 4.45. The molecule has 1 heterocycles. The summed E-state index contributed by atoms with van der Waals surface area (Å²) in [6.07, 6.45) is 3.55. The van der Waals surface area contributed by atoms with Gasteiger partial charge in [-0.05, 0) is 23.8 Å². The number of benzene rings is 2. The predicted molar refractivity (Wildman–Crippen MR) is 106 cm³/mol. The van der Waals surface area contributed by atoms with Crippen LogP contribution in [0.4, 0.5) is 4.79 Å². The zero-order valence-corrected chi connectivity index (χ0v) is 16.2. The third kappa shape index (κ3) is 4.43. The number of urea groups is 1. The van der Waals surface area contributed by atoms with Gasteiger partial charge in [0, 0.05) is 31.5 Å². The Morgan fingerprint density at radius 3 is 2.50 bits per heavy atom. The van der Waals surface area contributed by atoms with E-state index in [1.807, 2.05) is 66.3 Å². The van der Waals surface area contributed by atoms with E-state index in [2.05, 4.69) is 15.6 Å². The van der Waals surface area contributed by atoms with Crippen molar-refractivity contribution in [2.45, 2.75) is 12.6 Å². The first-order valence-electron chi connectivity index (χ1n) is 8.89. The van der Waals surface area contributed by atoms with Crippen molar-refractivity contribution >= 4 is 6.03 Å². The van der Waals surface area contributed by atoms with E-state index in [0.717, 1.165) is 16.9 Å². The molecular formula is C21H24N4O3. The number of aromatic nitrogens is 2. The zero-order valence-electron chi connectivity index (χ0n) is 16.2. The molecule has 28 heavy (non-hydrogen) atoms. The molecule has 2 amide bonds. The van der Waals surface area contributed by atoms with Gasteiger partial charge in [0.25, 0.3) is 0 Å². The molecule has 0 saturated heterocycles. The van der Waals surface area contributed by atoms with E-state index in [9.17, 15) is 4.79 Å². The molecule has 0 fully saturated rings. The van der Waals surface area contributed by atoms with Gasteiger partial charge in [0.05, 0.1) is 14.2 Å². The molecular weight excluding hydrogens is 356 g/mol. The summed E-state index contributed by atoms with van der Waals surface area (Å²) in [6, 6.07) is 14.4. The summed E-state index contributed by atoms with van der Waals surface area (Å²) < 4.78 is 12.5. The SMILES string of the molecule is COc1ccc(CNC(=O)NC(c2ccccc2OC)c2nccn2C)cc1. The number of imidazole rings is 1. The van der Waals surface area contributed by atoms with Gasteiger partial charge in [-0.25, -0.2) is 9.78 Å². The number of nitrogens with zero attached hydrogens (tertiary/aromatic N) is 2. The van der Waals surface area contributed by atoms with Crippen LogP contribution in [0.5, 0.6) is 11.5 Å². The van der Waals surface area contributed by atoms with E-state index in [1.165, 1.54) is 0 Å². The Labute approximate surface area is 164 Å². The van der Waals surface area contributed by atoms with E-state index in [-0.39, 0.29) is 6.03 Å². The highest BCUT2D eigenvalue weighted by molar-refractivity contribution is 5.75. The molecule has 146 valence electrons. The van der Waals surface area contributed by atoms with Crippen LogP contribution in [0.15, 0.2) is 60.9 Å². The fraction of sp³-hybridized carbons (Fsp3) is 0.238. The molecule has 0 aliphatic heterocycles. The van der Waals surface area contributed by atoms with Gasteiger partial charge in [0.15, 0.2) is 0 Å². The summed E-state index contributed by atoms with van der Waals surface area (Å²) in [5.41, 5.74) is 1.81. The van der Waals surface area contributed by atoms with Gasteiger partial charge >= 0.3 is 6.03 Å². The fourth-order valence-electron chi connectivity index (χ4n) is 2.95. The average molecular weight is 380 g/mol. The Kier molecular flexibility index (Phi) is 6.16. The molecule has 2 N–H and O–H groups in total. The molecule has 3 rings (SSSR count). The van der Waals surface area contributed by atoms with Crippen LogP contribution in [-0.4, -0.2) is 29.8 Å². The minimum Gasteiger partial charge on any atom is -0.497 e. The van der Waals surface area contributed by atoms with Crippen molar-refractivity contribution in [2.75, 3.05) is 14.2 Å². The van der Waals surface area contributed by atoms with Gasteiger partial charge in [-0.2, -0.15) is 0 Å². The van der Waals surface area contributed by atoms with Gasteiger partial charge in [-0.3, -0.25) is 0 Å². The first-order valence-corrected chi connectivity index (χ1v) is 8.89. The molecule has 7 nitrogen and oxygen atoms in total. The number of carbonyl (C=O) groups is 1. The van der Waals surface area contributed by atoms with Crippen LogP contribution in [0.1, 0.15) is 23.0 Å². The molecule has 2 aromatic carbocycles. The van der Waals surface area contributed by atoms with Gasteiger partial charge in [-0.1, -0.05) is 30.3 Å². The highest BCUT2D eigenvalue weighted by atomic mass is 16.5. The van der Waals surface area contributed by atoms with Gasteiger partial charge < -0.3 is 24.7 Å². The maximum Gasteiger partial charge on any atom is 0.315 e. The van der Waals surface area contributed by atoms with Crippen molar-refractivity contribution in [3.05, 3.63) is 77.9 Å². The number of methoxy groups -OCH3 is 2. The molecule has 7 heteroatoms. The smallest absolute Gasteiger partial charge is 0.315 e. The van der Waals surface area contributed by atoms with Gasteiger partial charge in [0.2, 0.25) is 0 Å². The zero-order chi connectivity index (χ0) is 19.9. The van der Waals surface area contributed by atoms with E-state index in [0.29, 0.717) is 18.1 Å². The third-order valence-corrected chi connectivity index (χ3v) is 4.45. The van der Waals surface area contributed by atoms with Crippen molar-refractivity contribution < 1.29 is 14.3 Å². The Hall–Kier alpha value is -3.48. The largest absolute Gasteiger partial charge is 0.497 e. The van der Waals surface area contributed by atoms with Crippen LogP contribution >= 0.6 is 0 Å². The summed E-state index contributed by atoms with van der Waals surface area (Å²) in [4.78, 5) is 17.0. The van der Waals surface area contributed by atoms with E-state index < -0.39 is 6.04 Å². The minimum atomic E-state index is -0.452. The van der Waals surface area contributed by atoms with E-state index >= 15 is 0 Å². The number of amides is 2. The second-order valence-corrected chi connectivity index (χ2v) is 6.25. The van der Waals surface area contributed by atoms with Crippen LogP contribution in [0, 0.1) is 0 Å². The quantitative estimate of drug-likeness (QED) is 0.661. The Morgan fingerprint density at radius 2 is 1.86 bits per heavy atom. The molecule has 0 radical (unpaired) electrons. The Morgan fingerprint density at radius 1 is 1.11 bits per heavy atom. The summed E-state index contributed by atoms with van der Waals surface area (Å²) in [5, 5.41) is 5.89. The molecule has 1 unspecified atom stereocenters.